The molecule has 3 heteroatoms. The van der Waals surface area contributed by atoms with E-state index < -0.39 is 16.6 Å². The zero-order chi connectivity index (χ0) is 17.3. The first-order chi connectivity index (χ1) is 12.3. The Labute approximate surface area is 162 Å². The van der Waals surface area contributed by atoms with Crippen LogP contribution in [0.3, 0.4) is 0 Å². The Kier molecular flexibility index (Phi) is 5.15. The summed E-state index contributed by atoms with van der Waals surface area (Å²) in [6.07, 6.45) is 18.7. The molecule has 0 radical (unpaired) electrons. The average molecular weight is 400 g/mol. The van der Waals surface area contributed by atoms with Crippen molar-refractivity contribution in [2.24, 2.45) is 0 Å². The second-order valence-electron chi connectivity index (χ2n) is 6.74. The molecule has 0 spiro atoms. The van der Waals surface area contributed by atoms with Crippen LogP contribution in [0.25, 0.3) is 0 Å². The molecular formula is C22H24S2Ti. The van der Waals surface area contributed by atoms with Gasteiger partial charge in [-0.15, -0.1) is 0 Å². The van der Waals surface area contributed by atoms with E-state index in [-0.39, 0.29) is 0 Å². The van der Waals surface area contributed by atoms with Gasteiger partial charge < -0.3 is 0 Å². The molecule has 0 atom stereocenters. The summed E-state index contributed by atoms with van der Waals surface area (Å²) in [6, 6.07) is 5.07. The van der Waals surface area contributed by atoms with Crippen LogP contribution in [-0.4, -0.2) is 0 Å². The van der Waals surface area contributed by atoms with E-state index in [4.69, 9.17) is 0 Å². The Balaban J connectivity index is 1.97. The van der Waals surface area contributed by atoms with Gasteiger partial charge in [0.1, 0.15) is 0 Å². The monoisotopic (exact) mass is 400 g/mol. The summed E-state index contributed by atoms with van der Waals surface area (Å²) in [5.41, 5.74) is 3.00. The molecule has 0 unspecified atom stereocenters. The summed E-state index contributed by atoms with van der Waals surface area (Å²) in [4.78, 5) is 0. The van der Waals surface area contributed by atoms with E-state index in [0.717, 1.165) is 25.7 Å². The van der Waals surface area contributed by atoms with Gasteiger partial charge in [0.25, 0.3) is 0 Å². The summed E-state index contributed by atoms with van der Waals surface area (Å²) < 4.78 is 6.77. The van der Waals surface area contributed by atoms with Crippen LogP contribution in [0.4, 0.5) is 0 Å². The Bertz CT molecular complexity index is 815. The number of aryl methyl sites for hydroxylation is 2. The van der Waals surface area contributed by atoms with Crippen molar-refractivity contribution in [2.75, 3.05) is 0 Å². The van der Waals surface area contributed by atoms with Crippen molar-refractivity contribution < 1.29 is 16.6 Å². The average Bonchev–Trinajstić information content (AvgIpc) is 3.43. The number of rotatable bonds is 6. The zero-order valence-corrected chi connectivity index (χ0v) is 18.1. The molecule has 0 bridgehead atoms. The van der Waals surface area contributed by atoms with E-state index in [0.29, 0.717) is 0 Å². The first kappa shape index (κ1) is 17.5. The Morgan fingerprint density at radius 2 is 1.28 bits per heavy atom. The molecule has 0 N–H and O–H groups in total. The van der Waals surface area contributed by atoms with Crippen molar-refractivity contribution in [1.29, 1.82) is 0 Å². The third-order valence-electron chi connectivity index (χ3n) is 5.37. The second kappa shape index (κ2) is 7.36. The van der Waals surface area contributed by atoms with Gasteiger partial charge in [-0.25, -0.2) is 0 Å². The standard InChI is InChI=1S/2C6H7S.2C5H5.Ti/c2*1-2-6-3-4-7-5-6;2*1-2-4-5-3-1;/h2*3,5H,2H2,1H3;2*1-3H,4H2;. The van der Waals surface area contributed by atoms with Gasteiger partial charge in [0.05, 0.1) is 0 Å². The van der Waals surface area contributed by atoms with E-state index in [1.807, 2.05) is 22.7 Å². The number of hydrogen-bond acceptors (Lipinski definition) is 2. The van der Waals surface area contributed by atoms with Gasteiger partial charge in [-0.3, -0.25) is 0 Å². The van der Waals surface area contributed by atoms with Crippen molar-refractivity contribution in [3.63, 3.8) is 0 Å². The van der Waals surface area contributed by atoms with Crippen molar-refractivity contribution in [3.05, 3.63) is 78.2 Å². The molecule has 2 aromatic heterocycles. The molecule has 25 heavy (non-hydrogen) atoms. The van der Waals surface area contributed by atoms with Crippen LogP contribution in [-0.2, 0) is 29.4 Å². The van der Waals surface area contributed by atoms with Crippen LogP contribution in [0, 0.1) is 0 Å². The summed E-state index contributed by atoms with van der Waals surface area (Å²) in [5, 5.41) is 4.80. The quantitative estimate of drug-likeness (QED) is 0.544. The molecule has 0 aliphatic heterocycles. The van der Waals surface area contributed by atoms with E-state index in [2.05, 4.69) is 73.2 Å². The first-order valence-corrected chi connectivity index (χ1v) is 14.0. The van der Waals surface area contributed by atoms with Crippen LogP contribution in [0.15, 0.2) is 67.1 Å². The molecule has 2 aromatic rings. The van der Waals surface area contributed by atoms with E-state index in [1.54, 1.807) is 14.1 Å². The third kappa shape index (κ3) is 2.94. The second-order valence-corrected chi connectivity index (χ2v) is 15.7. The number of hydrogen-bond donors (Lipinski definition) is 0. The maximum atomic E-state index is 2.54. The summed E-state index contributed by atoms with van der Waals surface area (Å²) in [5.74, 6) is 0. The molecule has 2 aliphatic carbocycles. The maximum absolute atomic E-state index is 2.72. The molecule has 0 fully saturated rings. The van der Waals surface area contributed by atoms with E-state index in [9.17, 15) is 0 Å². The summed E-state index contributed by atoms with van der Waals surface area (Å²) >= 11 is 1.31. The van der Waals surface area contributed by atoms with Gasteiger partial charge >= 0.3 is 163 Å². The third-order valence-corrected chi connectivity index (χ3v) is 17.5. The SMILES string of the molecule is CCc1cs[c]([Ti]([C]2=CC=CC2)([C]2=CC=CC2)[c]2cc(CC)cs2)c1. The molecule has 0 nitrogen and oxygen atoms in total. The molecule has 2 aliphatic rings. The van der Waals surface area contributed by atoms with Crippen LogP contribution < -0.4 is 6.36 Å². The fourth-order valence-corrected chi connectivity index (χ4v) is 17.9. The van der Waals surface area contributed by atoms with Gasteiger partial charge in [-0.2, -0.15) is 0 Å². The first-order valence-electron chi connectivity index (χ1n) is 9.17. The van der Waals surface area contributed by atoms with Gasteiger partial charge in [0.15, 0.2) is 0 Å². The van der Waals surface area contributed by atoms with Crippen molar-refractivity contribution in [3.8, 4) is 0 Å². The molecule has 0 amide bonds. The zero-order valence-electron chi connectivity index (χ0n) is 14.9. The normalized spacial score (nSPS) is 16.6. The molecular weight excluding hydrogens is 376 g/mol. The topological polar surface area (TPSA) is 0 Å². The number of allylic oxidation sites excluding steroid dienone is 8. The van der Waals surface area contributed by atoms with E-state index in [1.165, 1.54) is 11.1 Å². The fraction of sp³-hybridized carbons (Fsp3) is 0.273. The predicted octanol–water partition coefficient (Wildman–Crippen LogP) is 5.73. The molecule has 128 valence electrons. The van der Waals surface area contributed by atoms with Crippen LogP contribution in [0.5, 0.6) is 0 Å². The van der Waals surface area contributed by atoms with Crippen molar-refractivity contribution >= 4 is 29.0 Å². The van der Waals surface area contributed by atoms with Gasteiger partial charge in [-0.05, 0) is 0 Å². The van der Waals surface area contributed by atoms with Crippen molar-refractivity contribution in [2.45, 2.75) is 39.5 Å². The van der Waals surface area contributed by atoms with Crippen molar-refractivity contribution in [1.82, 2.24) is 0 Å². The molecule has 4 rings (SSSR count). The van der Waals surface area contributed by atoms with Crippen LogP contribution in [0.1, 0.15) is 37.8 Å². The molecule has 0 saturated heterocycles. The molecule has 0 saturated carbocycles. The predicted molar refractivity (Wildman–Crippen MR) is 110 cm³/mol. The van der Waals surface area contributed by atoms with Crippen LogP contribution >= 0.6 is 22.7 Å². The van der Waals surface area contributed by atoms with E-state index >= 15 is 0 Å². The number of thiophene rings is 2. The minimum atomic E-state index is -2.72. The summed E-state index contributed by atoms with van der Waals surface area (Å²) in [7, 11) is 0. The van der Waals surface area contributed by atoms with Gasteiger partial charge in [0.2, 0.25) is 0 Å². The fourth-order valence-electron chi connectivity index (χ4n) is 3.93. The van der Waals surface area contributed by atoms with Gasteiger partial charge in [-0.1, -0.05) is 0 Å². The summed E-state index contributed by atoms with van der Waals surface area (Å²) in [6.45, 7) is 4.54. The Morgan fingerprint density at radius 3 is 1.60 bits per heavy atom. The minimum absolute atomic E-state index is 1.13. The van der Waals surface area contributed by atoms with Crippen LogP contribution in [0.2, 0.25) is 0 Å². The molecule has 0 aromatic carbocycles. The Morgan fingerprint density at radius 1 is 0.800 bits per heavy atom. The van der Waals surface area contributed by atoms with Gasteiger partial charge in [0, 0.05) is 0 Å². The Hall–Kier alpha value is -0.926. The molecule has 2 heterocycles.